The number of rotatable bonds is 2. The predicted molar refractivity (Wildman–Crippen MR) is 62.4 cm³/mol. The van der Waals surface area contributed by atoms with Gasteiger partial charge in [0.15, 0.2) is 0 Å². The Balaban J connectivity index is 1.99. The van der Waals surface area contributed by atoms with Crippen LogP contribution in [0.15, 0.2) is 55.2 Å². The van der Waals surface area contributed by atoms with E-state index in [0.29, 0.717) is 0 Å². The first-order valence-corrected chi connectivity index (χ1v) is 5.16. The molecule has 3 rings (SSSR count). The van der Waals surface area contributed by atoms with Crippen LogP contribution >= 0.6 is 0 Å². The lowest BCUT2D eigenvalue weighted by molar-refractivity contribution is 0.804. The quantitative estimate of drug-likeness (QED) is 0.663. The molecule has 0 saturated heterocycles. The van der Waals surface area contributed by atoms with Crippen LogP contribution in [-0.4, -0.2) is 25.0 Å². The Labute approximate surface area is 97.8 Å². The van der Waals surface area contributed by atoms with E-state index in [1.807, 2.05) is 36.5 Å². The van der Waals surface area contributed by atoms with Crippen LogP contribution in [-0.2, 0) is 0 Å². The highest BCUT2D eigenvalue weighted by molar-refractivity contribution is 5.55. The number of hydrogen-bond acceptors (Lipinski definition) is 4. The summed E-state index contributed by atoms with van der Waals surface area (Å²) in [5.41, 5.74) is 2.59. The molecule has 82 valence electrons. The zero-order chi connectivity index (χ0) is 11.5. The van der Waals surface area contributed by atoms with Crippen molar-refractivity contribution in [2.75, 3.05) is 0 Å². The van der Waals surface area contributed by atoms with Gasteiger partial charge in [0, 0.05) is 18.0 Å². The molecule has 0 N–H and O–H groups in total. The maximum Gasteiger partial charge on any atom is 0.116 e. The molecule has 1 aromatic carbocycles. The van der Waals surface area contributed by atoms with Crippen LogP contribution < -0.4 is 0 Å². The molecule has 0 aliphatic carbocycles. The van der Waals surface area contributed by atoms with E-state index in [0.717, 1.165) is 16.9 Å². The van der Waals surface area contributed by atoms with Gasteiger partial charge in [-0.1, -0.05) is 23.4 Å². The van der Waals surface area contributed by atoms with Crippen molar-refractivity contribution in [2.45, 2.75) is 0 Å². The summed E-state index contributed by atoms with van der Waals surface area (Å²) in [6, 6.07) is 9.83. The van der Waals surface area contributed by atoms with Gasteiger partial charge in [-0.05, 0) is 12.1 Å². The summed E-state index contributed by atoms with van der Waals surface area (Å²) in [5.74, 6) is 0. The molecule has 0 aliphatic heterocycles. The minimum atomic E-state index is 0.759. The van der Waals surface area contributed by atoms with Gasteiger partial charge in [0.2, 0.25) is 0 Å². The highest BCUT2D eigenvalue weighted by atomic mass is 15.4. The van der Waals surface area contributed by atoms with Crippen molar-refractivity contribution in [3.05, 3.63) is 55.2 Å². The SMILES string of the molecule is c1ccc(-n2cc(-c3cncnc3)nn2)cc1. The Hall–Kier alpha value is -2.56. The molecule has 0 aliphatic rings. The van der Waals surface area contributed by atoms with Crippen LogP contribution in [0, 0.1) is 0 Å². The molecule has 0 fully saturated rings. The fourth-order valence-corrected chi connectivity index (χ4v) is 1.53. The molecule has 0 radical (unpaired) electrons. The second-order valence-corrected chi connectivity index (χ2v) is 3.51. The molecule has 0 spiro atoms. The van der Waals surface area contributed by atoms with Crippen molar-refractivity contribution in [3.8, 4) is 16.9 Å². The molecule has 0 unspecified atom stereocenters. The summed E-state index contributed by atoms with van der Waals surface area (Å²) in [6.07, 6.45) is 6.78. The van der Waals surface area contributed by atoms with Gasteiger partial charge in [-0.15, -0.1) is 5.10 Å². The van der Waals surface area contributed by atoms with Crippen molar-refractivity contribution in [1.82, 2.24) is 25.0 Å². The molecule has 5 heteroatoms. The third-order valence-corrected chi connectivity index (χ3v) is 2.37. The van der Waals surface area contributed by atoms with Crippen LogP contribution in [0.4, 0.5) is 0 Å². The highest BCUT2D eigenvalue weighted by Gasteiger charge is 2.04. The van der Waals surface area contributed by atoms with E-state index >= 15 is 0 Å². The highest BCUT2D eigenvalue weighted by Crippen LogP contribution is 2.14. The Morgan fingerprint density at radius 2 is 1.71 bits per heavy atom. The van der Waals surface area contributed by atoms with E-state index in [2.05, 4.69) is 20.3 Å². The molecule has 5 nitrogen and oxygen atoms in total. The minimum absolute atomic E-state index is 0.759. The Kier molecular flexibility index (Phi) is 2.34. The van der Waals surface area contributed by atoms with Gasteiger partial charge in [0.05, 0.1) is 11.9 Å². The fourth-order valence-electron chi connectivity index (χ4n) is 1.53. The van der Waals surface area contributed by atoms with Gasteiger partial charge in [0.25, 0.3) is 0 Å². The van der Waals surface area contributed by atoms with E-state index < -0.39 is 0 Å². The minimum Gasteiger partial charge on any atom is -0.244 e. The average molecular weight is 223 g/mol. The monoisotopic (exact) mass is 223 g/mol. The van der Waals surface area contributed by atoms with Crippen LogP contribution in [0.1, 0.15) is 0 Å². The maximum atomic E-state index is 4.10. The van der Waals surface area contributed by atoms with Gasteiger partial charge in [-0.2, -0.15) is 0 Å². The van der Waals surface area contributed by atoms with Crippen molar-refractivity contribution >= 4 is 0 Å². The molecular weight excluding hydrogens is 214 g/mol. The average Bonchev–Trinajstić information content (AvgIpc) is 2.90. The molecular formula is C12H9N5. The summed E-state index contributed by atoms with van der Waals surface area (Å²) in [4.78, 5) is 7.91. The number of benzene rings is 1. The first-order valence-electron chi connectivity index (χ1n) is 5.16. The smallest absolute Gasteiger partial charge is 0.116 e. The molecule has 0 atom stereocenters. The van der Waals surface area contributed by atoms with Crippen LogP contribution in [0.2, 0.25) is 0 Å². The van der Waals surface area contributed by atoms with Gasteiger partial charge < -0.3 is 0 Å². The Morgan fingerprint density at radius 1 is 0.941 bits per heavy atom. The van der Waals surface area contributed by atoms with Gasteiger partial charge in [-0.3, -0.25) is 0 Å². The zero-order valence-electron chi connectivity index (χ0n) is 8.93. The first kappa shape index (κ1) is 9.65. The summed E-state index contributed by atoms with van der Waals surface area (Å²) >= 11 is 0. The van der Waals surface area contributed by atoms with E-state index in [9.17, 15) is 0 Å². The lowest BCUT2D eigenvalue weighted by Crippen LogP contribution is -1.93. The topological polar surface area (TPSA) is 56.5 Å². The van der Waals surface area contributed by atoms with E-state index in [1.165, 1.54) is 6.33 Å². The third-order valence-electron chi connectivity index (χ3n) is 2.37. The van der Waals surface area contributed by atoms with Crippen molar-refractivity contribution < 1.29 is 0 Å². The van der Waals surface area contributed by atoms with Crippen LogP contribution in [0.5, 0.6) is 0 Å². The second kappa shape index (κ2) is 4.13. The maximum absolute atomic E-state index is 4.10. The largest absolute Gasteiger partial charge is 0.244 e. The molecule has 2 heterocycles. The molecule has 17 heavy (non-hydrogen) atoms. The van der Waals surface area contributed by atoms with Crippen molar-refractivity contribution in [2.24, 2.45) is 0 Å². The summed E-state index contributed by atoms with van der Waals surface area (Å²) in [7, 11) is 0. The van der Waals surface area contributed by atoms with Crippen LogP contribution in [0.25, 0.3) is 16.9 Å². The summed E-state index contributed by atoms with van der Waals surface area (Å²) in [6.45, 7) is 0. The van der Waals surface area contributed by atoms with Gasteiger partial charge in [0.1, 0.15) is 12.0 Å². The van der Waals surface area contributed by atoms with Gasteiger partial charge >= 0.3 is 0 Å². The number of aromatic nitrogens is 5. The van der Waals surface area contributed by atoms with Crippen molar-refractivity contribution in [1.29, 1.82) is 0 Å². The lowest BCUT2D eigenvalue weighted by Gasteiger charge is -1.97. The number of nitrogens with zero attached hydrogens (tertiary/aromatic N) is 5. The lowest BCUT2D eigenvalue weighted by atomic mass is 10.2. The van der Waals surface area contributed by atoms with E-state index in [-0.39, 0.29) is 0 Å². The Morgan fingerprint density at radius 3 is 2.47 bits per heavy atom. The normalized spacial score (nSPS) is 10.4. The number of hydrogen-bond donors (Lipinski definition) is 0. The van der Waals surface area contributed by atoms with Crippen LogP contribution in [0.3, 0.4) is 0 Å². The third kappa shape index (κ3) is 1.90. The molecule has 3 aromatic rings. The number of para-hydroxylation sites is 1. The molecule has 2 aromatic heterocycles. The molecule has 0 bridgehead atoms. The summed E-state index contributed by atoms with van der Waals surface area (Å²) in [5, 5.41) is 8.17. The summed E-state index contributed by atoms with van der Waals surface area (Å²) < 4.78 is 1.72. The van der Waals surface area contributed by atoms with Gasteiger partial charge in [-0.25, -0.2) is 14.6 Å². The van der Waals surface area contributed by atoms with E-state index in [1.54, 1.807) is 17.1 Å². The zero-order valence-corrected chi connectivity index (χ0v) is 8.93. The first-order chi connectivity index (χ1) is 8.43. The predicted octanol–water partition coefficient (Wildman–Crippen LogP) is 1.72. The standard InChI is InChI=1S/C12H9N5/c1-2-4-11(5-3-1)17-8-12(15-16-17)10-6-13-9-14-7-10/h1-9H. The second-order valence-electron chi connectivity index (χ2n) is 3.51. The molecule has 0 saturated carbocycles. The van der Waals surface area contributed by atoms with E-state index in [4.69, 9.17) is 0 Å². The fraction of sp³-hybridized carbons (Fsp3) is 0. The van der Waals surface area contributed by atoms with Crippen molar-refractivity contribution in [3.63, 3.8) is 0 Å². The molecule has 0 amide bonds. The Bertz CT molecular complexity index is 549.